The summed E-state index contributed by atoms with van der Waals surface area (Å²) < 4.78 is 15.0. The number of fused-ring (bicyclic) bond motifs is 1. The molecule has 0 bridgehead atoms. The average molecular weight is 287 g/mol. The Morgan fingerprint density at radius 1 is 1.15 bits per heavy atom. The van der Waals surface area contributed by atoms with Crippen LogP contribution in [-0.4, -0.2) is 9.67 Å². The summed E-state index contributed by atoms with van der Waals surface area (Å²) in [7, 11) is 0. The monoisotopic (exact) mass is 287 g/mol. The lowest BCUT2D eigenvalue weighted by molar-refractivity contribution is 0.476. The summed E-state index contributed by atoms with van der Waals surface area (Å²) in [5.41, 5.74) is 1.53. The van der Waals surface area contributed by atoms with Crippen LogP contribution in [0, 0.1) is 5.82 Å². The summed E-state index contributed by atoms with van der Waals surface area (Å²) >= 11 is 1.07. The molecule has 0 unspecified atom stereocenters. The van der Waals surface area contributed by atoms with Gasteiger partial charge in [-0.05, 0) is 42.0 Å². The summed E-state index contributed by atoms with van der Waals surface area (Å²) in [4.78, 5) is 11.8. The normalized spacial score (nSPS) is 11.4. The fourth-order valence-electron chi connectivity index (χ4n) is 1.90. The van der Waals surface area contributed by atoms with E-state index in [2.05, 4.69) is 0 Å². The van der Waals surface area contributed by atoms with Gasteiger partial charge in [-0.25, -0.2) is 4.39 Å². The number of hydrogen-bond donors (Lipinski definition) is 1. The maximum absolute atomic E-state index is 12.8. The van der Waals surface area contributed by atoms with Gasteiger partial charge < -0.3 is 5.11 Å². The molecule has 3 rings (SSSR count). The SMILES string of the molecule is O=c1sc2cc(O)ccc2n1C=Cc1ccc(F)cc1. The van der Waals surface area contributed by atoms with E-state index in [1.54, 1.807) is 36.5 Å². The van der Waals surface area contributed by atoms with Gasteiger partial charge in [-0.2, -0.15) is 0 Å². The first-order valence-electron chi connectivity index (χ1n) is 5.91. The van der Waals surface area contributed by atoms with Gasteiger partial charge in [-0.1, -0.05) is 23.5 Å². The molecule has 5 heteroatoms. The molecular formula is C15H10FNO2S. The van der Waals surface area contributed by atoms with Crippen molar-refractivity contribution in [3.8, 4) is 5.75 Å². The van der Waals surface area contributed by atoms with Gasteiger partial charge in [-0.3, -0.25) is 9.36 Å². The smallest absolute Gasteiger partial charge is 0.312 e. The number of benzene rings is 2. The lowest BCUT2D eigenvalue weighted by Gasteiger charge is -1.97. The van der Waals surface area contributed by atoms with Gasteiger partial charge in [0.05, 0.1) is 10.2 Å². The highest BCUT2D eigenvalue weighted by molar-refractivity contribution is 7.16. The number of phenolic OH excluding ortho intramolecular Hbond substituents is 1. The zero-order chi connectivity index (χ0) is 14.1. The second-order valence-electron chi connectivity index (χ2n) is 4.26. The first kappa shape index (κ1) is 12.6. The molecule has 0 saturated heterocycles. The second-order valence-corrected chi connectivity index (χ2v) is 5.25. The van der Waals surface area contributed by atoms with Crippen molar-refractivity contribution in [3.63, 3.8) is 0 Å². The van der Waals surface area contributed by atoms with Crippen molar-refractivity contribution in [2.45, 2.75) is 0 Å². The number of thiazole rings is 1. The van der Waals surface area contributed by atoms with Crippen LogP contribution >= 0.6 is 11.3 Å². The molecule has 0 amide bonds. The molecule has 100 valence electrons. The van der Waals surface area contributed by atoms with Crippen LogP contribution in [0.1, 0.15) is 5.56 Å². The molecule has 20 heavy (non-hydrogen) atoms. The van der Waals surface area contributed by atoms with Crippen molar-refractivity contribution in [2.24, 2.45) is 0 Å². The third-order valence-corrected chi connectivity index (χ3v) is 3.80. The first-order valence-corrected chi connectivity index (χ1v) is 6.73. The van der Waals surface area contributed by atoms with Crippen LogP contribution in [-0.2, 0) is 0 Å². The van der Waals surface area contributed by atoms with E-state index in [0.29, 0.717) is 0 Å². The molecule has 0 radical (unpaired) electrons. The van der Waals surface area contributed by atoms with Crippen LogP contribution in [0.5, 0.6) is 5.75 Å². The lowest BCUT2D eigenvalue weighted by atomic mass is 10.2. The summed E-state index contributed by atoms with van der Waals surface area (Å²) in [6.45, 7) is 0. The van der Waals surface area contributed by atoms with Gasteiger partial charge in [-0.15, -0.1) is 0 Å². The van der Waals surface area contributed by atoms with E-state index in [4.69, 9.17) is 0 Å². The Kier molecular flexibility index (Phi) is 3.12. The molecule has 0 spiro atoms. The molecule has 0 fully saturated rings. The topological polar surface area (TPSA) is 42.2 Å². The van der Waals surface area contributed by atoms with Gasteiger partial charge in [0.25, 0.3) is 0 Å². The van der Waals surface area contributed by atoms with Crippen molar-refractivity contribution in [1.29, 1.82) is 0 Å². The number of rotatable bonds is 2. The maximum atomic E-state index is 12.8. The van der Waals surface area contributed by atoms with Crippen molar-refractivity contribution in [3.05, 3.63) is 63.5 Å². The third-order valence-electron chi connectivity index (χ3n) is 2.88. The highest BCUT2D eigenvalue weighted by atomic mass is 32.1. The molecule has 1 N–H and O–H groups in total. The second kappa shape index (κ2) is 4.94. The van der Waals surface area contributed by atoms with Gasteiger partial charge in [0.15, 0.2) is 0 Å². The molecule has 0 aliphatic heterocycles. The van der Waals surface area contributed by atoms with E-state index in [0.717, 1.165) is 27.1 Å². The van der Waals surface area contributed by atoms with Crippen LogP contribution in [0.25, 0.3) is 22.5 Å². The van der Waals surface area contributed by atoms with Crippen molar-refractivity contribution < 1.29 is 9.50 Å². The Hall–Kier alpha value is -2.40. The van der Waals surface area contributed by atoms with Gasteiger partial charge in [0.2, 0.25) is 0 Å². The molecule has 0 saturated carbocycles. The Bertz CT molecular complexity index is 846. The largest absolute Gasteiger partial charge is 0.508 e. The van der Waals surface area contributed by atoms with E-state index >= 15 is 0 Å². The maximum Gasteiger partial charge on any atom is 0.312 e. The van der Waals surface area contributed by atoms with E-state index in [1.165, 1.54) is 22.8 Å². The summed E-state index contributed by atoms with van der Waals surface area (Å²) in [6.07, 6.45) is 3.38. The predicted molar refractivity (Wildman–Crippen MR) is 79.4 cm³/mol. The molecule has 3 nitrogen and oxygen atoms in total. The van der Waals surface area contributed by atoms with Gasteiger partial charge >= 0.3 is 4.87 Å². The molecule has 0 atom stereocenters. The standard InChI is InChI=1S/C15H10FNO2S/c16-11-3-1-10(2-4-11)7-8-17-13-6-5-12(18)9-14(13)20-15(17)19/h1-9,18H. The van der Waals surface area contributed by atoms with Crippen molar-refractivity contribution in [2.75, 3.05) is 0 Å². The Morgan fingerprint density at radius 2 is 1.90 bits per heavy atom. The average Bonchev–Trinajstić information content (AvgIpc) is 2.73. The fourth-order valence-corrected chi connectivity index (χ4v) is 2.80. The quantitative estimate of drug-likeness (QED) is 0.783. The summed E-state index contributed by atoms with van der Waals surface area (Å²) in [6, 6.07) is 10.8. The predicted octanol–water partition coefficient (Wildman–Crippen LogP) is 3.54. The zero-order valence-corrected chi connectivity index (χ0v) is 11.1. The molecule has 0 aliphatic carbocycles. The lowest BCUT2D eigenvalue weighted by Crippen LogP contribution is -2.05. The molecule has 2 aromatic carbocycles. The first-order chi connectivity index (χ1) is 9.63. The molecular weight excluding hydrogens is 277 g/mol. The van der Waals surface area contributed by atoms with Gasteiger partial charge in [0.1, 0.15) is 11.6 Å². The highest BCUT2D eigenvalue weighted by Gasteiger charge is 2.05. The minimum absolute atomic E-state index is 0.133. The van der Waals surface area contributed by atoms with Crippen LogP contribution in [0.4, 0.5) is 4.39 Å². The number of aromatic hydroxyl groups is 1. The number of aromatic nitrogens is 1. The molecule has 0 aliphatic rings. The highest BCUT2D eigenvalue weighted by Crippen LogP contribution is 2.22. The van der Waals surface area contributed by atoms with E-state index in [1.807, 2.05) is 0 Å². The van der Waals surface area contributed by atoms with Gasteiger partial charge in [0, 0.05) is 6.20 Å². The Balaban J connectivity index is 2.04. The third kappa shape index (κ3) is 2.35. The number of hydrogen-bond acceptors (Lipinski definition) is 3. The van der Waals surface area contributed by atoms with Crippen LogP contribution in [0.2, 0.25) is 0 Å². The van der Waals surface area contributed by atoms with Crippen molar-refractivity contribution >= 4 is 33.8 Å². The summed E-state index contributed by atoms with van der Waals surface area (Å²) in [5, 5.41) is 9.41. The van der Waals surface area contributed by atoms with Crippen molar-refractivity contribution in [1.82, 2.24) is 4.57 Å². The van der Waals surface area contributed by atoms with E-state index in [9.17, 15) is 14.3 Å². The Morgan fingerprint density at radius 3 is 2.65 bits per heavy atom. The minimum atomic E-state index is -0.296. The summed E-state index contributed by atoms with van der Waals surface area (Å²) in [5.74, 6) is -0.163. The number of halogens is 1. The number of phenols is 1. The van der Waals surface area contributed by atoms with E-state index < -0.39 is 0 Å². The molecule has 1 heterocycles. The van der Waals surface area contributed by atoms with Crippen LogP contribution in [0.3, 0.4) is 0 Å². The minimum Gasteiger partial charge on any atom is -0.508 e. The van der Waals surface area contributed by atoms with Crippen LogP contribution in [0.15, 0.2) is 47.3 Å². The molecule has 3 aromatic rings. The fraction of sp³-hybridized carbons (Fsp3) is 0. The zero-order valence-electron chi connectivity index (χ0n) is 10.3. The molecule has 1 aromatic heterocycles. The van der Waals surface area contributed by atoms with E-state index in [-0.39, 0.29) is 16.4 Å². The number of nitrogens with zero attached hydrogens (tertiary/aromatic N) is 1. The van der Waals surface area contributed by atoms with Crippen LogP contribution < -0.4 is 4.87 Å². The Labute approximate surface area is 117 Å².